The van der Waals surface area contributed by atoms with Crippen LogP contribution >= 0.6 is 38.5 Å². The van der Waals surface area contributed by atoms with Crippen molar-refractivity contribution in [2.75, 3.05) is 0 Å². The second-order valence-electron chi connectivity index (χ2n) is 3.44. The minimum Gasteiger partial charge on any atom is -0.306 e. The van der Waals surface area contributed by atoms with Crippen LogP contribution in [-0.4, -0.2) is 9.97 Å². The van der Waals surface area contributed by atoms with Crippen LogP contribution in [0.3, 0.4) is 0 Å². The SMILES string of the molecule is Cc1nc(-c2cc(F)ccc2Br)[nH]c(=O)c1I. The number of aryl methyl sites for hydroxylation is 1. The van der Waals surface area contributed by atoms with Crippen molar-refractivity contribution in [2.45, 2.75) is 6.92 Å². The number of nitrogens with zero attached hydrogens (tertiary/aromatic N) is 1. The van der Waals surface area contributed by atoms with E-state index in [-0.39, 0.29) is 11.4 Å². The lowest BCUT2D eigenvalue weighted by Gasteiger charge is -2.05. The van der Waals surface area contributed by atoms with Gasteiger partial charge in [-0.3, -0.25) is 4.79 Å². The van der Waals surface area contributed by atoms with Gasteiger partial charge in [0.25, 0.3) is 5.56 Å². The zero-order valence-corrected chi connectivity index (χ0v) is 12.5. The van der Waals surface area contributed by atoms with Gasteiger partial charge in [-0.1, -0.05) is 15.9 Å². The molecule has 0 saturated heterocycles. The van der Waals surface area contributed by atoms with E-state index in [2.05, 4.69) is 25.9 Å². The van der Waals surface area contributed by atoms with Gasteiger partial charge in [0.1, 0.15) is 11.6 Å². The summed E-state index contributed by atoms with van der Waals surface area (Å²) in [5.41, 5.74) is 0.936. The summed E-state index contributed by atoms with van der Waals surface area (Å²) in [7, 11) is 0. The van der Waals surface area contributed by atoms with Crippen molar-refractivity contribution in [1.82, 2.24) is 9.97 Å². The fourth-order valence-corrected chi connectivity index (χ4v) is 2.07. The van der Waals surface area contributed by atoms with E-state index in [1.807, 2.05) is 22.6 Å². The van der Waals surface area contributed by atoms with E-state index in [0.717, 1.165) is 0 Å². The first-order valence-corrected chi connectivity index (χ1v) is 6.58. The van der Waals surface area contributed by atoms with Crippen LogP contribution in [0.15, 0.2) is 27.5 Å². The molecule has 0 aliphatic rings. The van der Waals surface area contributed by atoms with Crippen molar-refractivity contribution in [3.63, 3.8) is 0 Å². The summed E-state index contributed by atoms with van der Waals surface area (Å²) >= 11 is 5.23. The molecule has 2 rings (SSSR count). The van der Waals surface area contributed by atoms with Crippen molar-refractivity contribution in [2.24, 2.45) is 0 Å². The predicted molar refractivity (Wildman–Crippen MR) is 75.4 cm³/mol. The second-order valence-corrected chi connectivity index (χ2v) is 5.37. The van der Waals surface area contributed by atoms with Crippen molar-refractivity contribution >= 4 is 38.5 Å². The number of halogens is 3. The van der Waals surface area contributed by atoms with Crippen LogP contribution in [0.1, 0.15) is 5.69 Å². The molecule has 2 aromatic rings. The number of benzene rings is 1. The summed E-state index contributed by atoms with van der Waals surface area (Å²) in [6, 6.07) is 4.25. The van der Waals surface area contributed by atoms with Crippen molar-refractivity contribution in [3.05, 3.63) is 48.1 Å². The van der Waals surface area contributed by atoms with Crippen LogP contribution in [0.25, 0.3) is 11.4 Å². The van der Waals surface area contributed by atoms with Crippen molar-refractivity contribution < 1.29 is 4.39 Å². The third-order valence-electron chi connectivity index (χ3n) is 2.21. The van der Waals surface area contributed by atoms with Crippen molar-refractivity contribution in [3.8, 4) is 11.4 Å². The Morgan fingerprint density at radius 1 is 1.47 bits per heavy atom. The summed E-state index contributed by atoms with van der Waals surface area (Å²) in [5, 5.41) is 0. The van der Waals surface area contributed by atoms with Crippen LogP contribution in [0.2, 0.25) is 0 Å². The fraction of sp³-hybridized carbons (Fsp3) is 0.0909. The van der Waals surface area contributed by atoms with Gasteiger partial charge in [-0.25, -0.2) is 9.37 Å². The lowest BCUT2D eigenvalue weighted by Crippen LogP contribution is -2.14. The molecule has 1 aromatic heterocycles. The highest BCUT2D eigenvalue weighted by molar-refractivity contribution is 14.1. The molecule has 17 heavy (non-hydrogen) atoms. The second kappa shape index (κ2) is 4.85. The molecule has 0 fully saturated rings. The Hall–Kier alpha value is -0.760. The van der Waals surface area contributed by atoms with Gasteiger partial charge in [-0.15, -0.1) is 0 Å². The first kappa shape index (κ1) is 12.7. The maximum absolute atomic E-state index is 13.2. The Balaban J connectivity index is 2.69. The molecule has 1 N–H and O–H groups in total. The molecule has 88 valence electrons. The third-order valence-corrected chi connectivity index (χ3v) is 4.17. The Morgan fingerprint density at radius 3 is 2.82 bits per heavy atom. The van der Waals surface area contributed by atoms with E-state index in [1.54, 1.807) is 13.0 Å². The predicted octanol–water partition coefficient (Wildman–Crippen LogP) is 3.25. The van der Waals surface area contributed by atoms with Crippen molar-refractivity contribution in [1.29, 1.82) is 0 Å². The smallest absolute Gasteiger partial charge is 0.264 e. The first-order chi connectivity index (χ1) is 7.99. The maximum atomic E-state index is 13.2. The van der Waals surface area contributed by atoms with Gasteiger partial charge in [0, 0.05) is 10.0 Å². The Kier molecular flexibility index (Phi) is 3.62. The maximum Gasteiger partial charge on any atom is 0.264 e. The Morgan fingerprint density at radius 2 is 2.18 bits per heavy atom. The quantitative estimate of drug-likeness (QED) is 0.736. The molecule has 0 bridgehead atoms. The average Bonchev–Trinajstić information content (AvgIpc) is 2.28. The van der Waals surface area contributed by atoms with Crippen LogP contribution in [0.5, 0.6) is 0 Å². The molecule has 0 amide bonds. The number of hydrogen-bond acceptors (Lipinski definition) is 2. The van der Waals surface area contributed by atoms with E-state index >= 15 is 0 Å². The van der Waals surface area contributed by atoms with Gasteiger partial charge in [0.15, 0.2) is 0 Å². The van der Waals surface area contributed by atoms with Crippen LogP contribution in [0, 0.1) is 16.3 Å². The third kappa shape index (κ3) is 2.57. The van der Waals surface area contributed by atoms with E-state index in [9.17, 15) is 9.18 Å². The zero-order valence-electron chi connectivity index (χ0n) is 8.72. The van der Waals surface area contributed by atoms with E-state index in [0.29, 0.717) is 25.1 Å². The summed E-state index contributed by atoms with van der Waals surface area (Å²) in [4.78, 5) is 18.5. The highest BCUT2D eigenvalue weighted by Gasteiger charge is 2.10. The highest BCUT2D eigenvalue weighted by atomic mass is 127. The minimum absolute atomic E-state index is 0.218. The molecule has 0 spiro atoms. The lowest BCUT2D eigenvalue weighted by molar-refractivity contribution is 0.628. The summed E-state index contributed by atoms with van der Waals surface area (Å²) in [6.45, 7) is 1.74. The van der Waals surface area contributed by atoms with Gasteiger partial charge in [0.2, 0.25) is 0 Å². The van der Waals surface area contributed by atoms with Gasteiger partial charge >= 0.3 is 0 Å². The standard InChI is InChI=1S/C11H7BrFIN2O/c1-5-9(14)11(17)16-10(15-5)7-4-6(13)2-3-8(7)12/h2-4H,1H3,(H,15,16,17). The molecule has 3 nitrogen and oxygen atoms in total. The molecule has 0 atom stereocenters. The molecule has 0 aliphatic heterocycles. The molecular weight excluding hydrogens is 402 g/mol. The monoisotopic (exact) mass is 408 g/mol. The summed E-state index contributed by atoms with van der Waals surface area (Å²) in [5.74, 6) is -0.0126. The molecule has 0 radical (unpaired) electrons. The molecule has 1 heterocycles. The number of hydrogen-bond donors (Lipinski definition) is 1. The number of H-pyrrole nitrogens is 1. The first-order valence-electron chi connectivity index (χ1n) is 4.71. The molecule has 0 aliphatic carbocycles. The molecule has 1 aromatic carbocycles. The molecular formula is C11H7BrFIN2O. The number of aromatic nitrogens is 2. The largest absolute Gasteiger partial charge is 0.306 e. The summed E-state index contributed by atoms with van der Waals surface area (Å²) in [6.07, 6.45) is 0. The number of aromatic amines is 1. The normalized spacial score (nSPS) is 10.6. The van der Waals surface area contributed by atoms with Crippen LogP contribution < -0.4 is 5.56 Å². The Labute approximate surface area is 119 Å². The van der Waals surface area contributed by atoms with Crippen LogP contribution in [-0.2, 0) is 0 Å². The van der Waals surface area contributed by atoms with Crippen LogP contribution in [0.4, 0.5) is 4.39 Å². The van der Waals surface area contributed by atoms with Gasteiger partial charge in [-0.05, 0) is 47.7 Å². The fourth-order valence-electron chi connectivity index (χ4n) is 1.38. The van der Waals surface area contributed by atoms with E-state index in [4.69, 9.17) is 0 Å². The lowest BCUT2D eigenvalue weighted by atomic mass is 10.2. The number of rotatable bonds is 1. The summed E-state index contributed by atoms with van der Waals surface area (Å²) < 4.78 is 14.4. The average molecular weight is 409 g/mol. The van der Waals surface area contributed by atoms with Gasteiger partial charge in [-0.2, -0.15) is 0 Å². The highest BCUT2D eigenvalue weighted by Crippen LogP contribution is 2.26. The van der Waals surface area contributed by atoms with Gasteiger partial charge in [0.05, 0.1) is 9.26 Å². The molecule has 0 unspecified atom stereocenters. The topological polar surface area (TPSA) is 45.8 Å². The van der Waals surface area contributed by atoms with Gasteiger partial charge < -0.3 is 4.98 Å². The zero-order chi connectivity index (χ0) is 12.6. The number of nitrogens with one attached hydrogen (secondary N) is 1. The van der Waals surface area contributed by atoms with E-state index in [1.165, 1.54) is 12.1 Å². The molecule has 6 heteroatoms. The minimum atomic E-state index is -0.373. The van der Waals surface area contributed by atoms with E-state index < -0.39 is 0 Å². The Bertz CT molecular complexity index is 642. The molecule has 0 saturated carbocycles.